The van der Waals surface area contributed by atoms with Gasteiger partial charge in [-0.25, -0.2) is 4.98 Å². The van der Waals surface area contributed by atoms with E-state index in [0.717, 1.165) is 29.7 Å². The highest BCUT2D eigenvalue weighted by molar-refractivity contribution is 5.78. The zero-order chi connectivity index (χ0) is 13.7. The van der Waals surface area contributed by atoms with Crippen LogP contribution in [0.2, 0.25) is 0 Å². The Hall–Kier alpha value is -1.46. The molecule has 20 heavy (non-hydrogen) atoms. The quantitative estimate of drug-likeness (QED) is 0.923. The summed E-state index contributed by atoms with van der Waals surface area (Å²) in [6, 6.07) is 2.71. The maximum Gasteiger partial charge on any atom is 0.157 e. The van der Waals surface area contributed by atoms with Crippen molar-refractivity contribution in [3.05, 3.63) is 23.5 Å². The molecule has 0 radical (unpaired) electrons. The third-order valence-electron chi connectivity index (χ3n) is 4.59. The van der Waals surface area contributed by atoms with E-state index in [-0.39, 0.29) is 0 Å². The van der Waals surface area contributed by atoms with Crippen molar-refractivity contribution in [2.75, 3.05) is 0 Å². The Bertz CT molecular complexity index is 651. The first-order chi connectivity index (χ1) is 9.70. The van der Waals surface area contributed by atoms with Crippen LogP contribution in [0.1, 0.15) is 30.5 Å². The smallest absolute Gasteiger partial charge is 0.157 e. The van der Waals surface area contributed by atoms with Gasteiger partial charge in [-0.3, -0.25) is 4.68 Å². The van der Waals surface area contributed by atoms with Gasteiger partial charge in [0.25, 0.3) is 0 Å². The monoisotopic (exact) mass is 272 g/mol. The summed E-state index contributed by atoms with van der Waals surface area (Å²) in [4.78, 5) is 4.52. The Kier molecular flexibility index (Phi) is 2.79. The molecule has 2 aliphatic heterocycles. The molecule has 0 aromatic carbocycles. The molecule has 0 aliphatic carbocycles. The van der Waals surface area contributed by atoms with Crippen molar-refractivity contribution >= 4 is 11.0 Å². The van der Waals surface area contributed by atoms with Crippen LogP contribution < -0.4 is 5.32 Å². The zero-order valence-corrected chi connectivity index (χ0v) is 12.0. The molecule has 3 atom stereocenters. The summed E-state index contributed by atoms with van der Waals surface area (Å²) in [7, 11) is 1.94. The maximum absolute atomic E-state index is 5.87. The molecule has 0 saturated carbocycles. The normalized spacial score (nSPS) is 28.6. The molecule has 2 saturated heterocycles. The molecule has 2 bridgehead atoms. The van der Waals surface area contributed by atoms with Gasteiger partial charge in [0.05, 0.1) is 17.9 Å². The van der Waals surface area contributed by atoms with Gasteiger partial charge in [-0.15, -0.1) is 0 Å². The Labute approximate surface area is 118 Å². The van der Waals surface area contributed by atoms with E-state index in [1.165, 1.54) is 18.4 Å². The van der Waals surface area contributed by atoms with Crippen LogP contribution in [0.15, 0.2) is 12.3 Å². The fourth-order valence-electron chi connectivity index (χ4n) is 3.55. The molecule has 2 aromatic heterocycles. The highest BCUT2D eigenvalue weighted by Gasteiger charge is 2.40. The van der Waals surface area contributed by atoms with E-state index in [1.807, 2.05) is 24.9 Å². The van der Waals surface area contributed by atoms with Gasteiger partial charge in [0, 0.05) is 31.2 Å². The summed E-state index contributed by atoms with van der Waals surface area (Å²) in [6.45, 7) is 2.89. The fourth-order valence-corrected chi connectivity index (χ4v) is 3.55. The lowest BCUT2D eigenvalue weighted by molar-refractivity contribution is 0.0973. The van der Waals surface area contributed by atoms with Crippen molar-refractivity contribution in [2.45, 2.75) is 51.0 Å². The van der Waals surface area contributed by atoms with E-state index < -0.39 is 0 Å². The largest absolute Gasteiger partial charge is 0.373 e. The minimum atomic E-state index is 0.428. The number of pyridine rings is 1. The summed E-state index contributed by atoms with van der Waals surface area (Å²) in [5.74, 6) is 0. The molecule has 2 fully saturated rings. The molecular weight excluding hydrogens is 252 g/mol. The highest BCUT2D eigenvalue weighted by atomic mass is 16.5. The Morgan fingerprint density at radius 3 is 3.10 bits per heavy atom. The third-order valence-corrected chi connectivity index (χ3v) is 4.59. The predicted octanol–water partition coefficient (Wildman–Crippen LogP) is 1.69. The second-order valence-corrected chi connectivity index (χ2v) is 6.02. The minimum absolute atomic E-state index is 0.428. The number of nitrogens with zero attached hydrogens (tertiary/aromatic N) is 3. The molecule has 106 valence electrons. The number of aromatic nitrogens is 3. The SMILES string of the molecule is Cc1nn(C)c2ncc(CNC3CC4CCC3O4)cc12. The molecule has 1 N–H and O–H groups in total. The molecule has 4 heterocycles. The van der Waals surface area contributed by atoms with Crippen molar-refractivity contribution < 1.29 is 4.74 Å². The number of rotatable bonds is 3. The van der Waals surface area contributed by atoms with Crippen LogP contribution in [0.4, 0.5) is 0 Å². The van der Waals surface area contributed by atoms with Crippen LogP contribution in [-0.2, 0) is 18.3 Å². The summed E-state index contributed by atoms with van der Waals surface area (Å²) in [6.07, 6.45) is 6.49. The summed E-state index contributed by atoms with van der Waals surface area (Å²) >= 11 is 0. The first-order valence-electron chi connectivity index (χ1n) is 7.38. The minimum Gasteiger partial charge on any atom is -0.373 e. The van der Waals surface area contributed by atoms with Gasteiger partial charge in [0.1, 0.15) is 0 Å². The molecule has 2 aromatic rings. The lowest BCUT2D eigenvalue weighted by Crippen LogP contribution is -2.36. The van der Waals surface area contributed by atoms with Crippen molar-refractivity contribution in [3.63, 3.8) is 0 Å². The van der Waals surface area contributed by atoms with Crippen LogP contribution in [0.25, 0.3) is 11.0 Å². The molecule has 5 nitrogen and oxygen atoms in total. The average Bonchev–Trinajstić information content (AvgIpc) is 3.13. The van der Waals surface area contributed by atoms with Crippen LogP contribution >= 0.6 is 0 Å². The number of hydrogen-bond acceptors (Lipinski definition) is 4. The van der Waals surface area contributed by atoms with Gasteiger partial charge in [0.2, 0.25) is 0 Å². The van der Waals surface area contributed by atoms with Crippen molar-refractivity contribution in [1.82, 2.24) is 20.1 Å². The van der Waals surface area contributed by atoms with E-state index in [1.54, 1.807) is 0 Å². The molecule has 0 amide bonds. The molecule has 3 unspecified atom stereocenters. The van der Waals surface area contributed by atoms with Crippen molar-refractivity contribution in [3.8, 4) is 0 Å². The summed E-state index contributed by atoms with van der Waals surface area (Å²) < 4.78 is 7.71. The van der Waals surface area contributed by atoms with Gasteiger partial charge in [0.15, 0.2) is 5.65 Å². The number of hydrogen-bond donors (Lipinski definition) is 1. The van der Waals surface area contributed by atoms with E-state index in [9.17, 15) is 0 Å². The van der Waals surface area contributed by atoms with Crippen LogP contribution in [0.3, 0.4) is 0 Å². The first-order valence-corrected chi connectivity index (χ1v) is 7.38. The lowest BCUT2D eigenvalue weighted by Gasteiger charge is -2.20. The number of fused-ring (bicyclic) bond motifs is 3. The number of nitrogens with one attached hydrogen (secondary N) is 1. The zero-order valence-electron chi connectivity index (χ0n) is 12.0. The Morgan fingerprint density at radius 1 is 1.45 bits per heavy atom. The van der Waals surface area contributed by atoms with Crippen LogP contribution in [0, 0.1) is 6.92 Å². The predicted molar refractivity (Wildman–Crippen MR) is 76.4 cm³/mol. The maximum atomic E-state index is 5.87. The lowest BCUT2D eigenvalue weighted by atomic mass is 9.95. The molecule has 2 aliphatic rings. The molecular formula is C15H20N4O. The van der Waals surface area contributed by atoms with Gasteiger partial charge < -0.3 is 10.1 Å². The van der Waals surface area contributed by atoms with E-state index in [4.69, 9.17) is 4.74 Å². The summed E-state index contributed by atoms with van der Waals surface area (Å²) in [5, 5.41) is 9.19. The second-order valence-electron chi connectivity index (χ2n) is 6.02. The van der Waals surface area contributed by atoms with E-state index in [0.29, 0.717) is 18.2 Å². The topological polar surface area (TPSA) is 52.0 Å². The highest BCUT2D eigenvalue weighted by Crippen LogP contribution is 2.34. The average molecular weight is 272 g/mol. The molecule has 5 heteroatoms. The van der Waals surface area contributed by atoms with E-state index in [2.05, 4.69) is 21.5 Å². The van der Waals surface area contributed by atoms with Gasteiger partial charge in [-0.2, -0.15) is 5.10 Å². The first kappa shape index (κ1) is 12.3. The van der Waals surface area contributed by atoms with Crippen LogP contribution in [-0.4, -0.2) is 33.0 Å². The van der Waals surface area contributed by atoms with Crippen molar-refractivity contribution in [2.24, 2.45) is 7.05 Å². The molecule has 0 spiro atoms. The Morgan fingerprint density at radius 2 is 2.35 bits per heavy atom. The summed E-state index contributed by atoms with van der Waals surface area (Å²) in [5.41, 5.74) is 3.21. The van der Waals surface area contributed by atoms with Gasteiger partial charge in [-0.05, 0) is 37.8 Å². The fraction of sp³-hybridized carbons (Fsp3) is 0.600. The molecule has 4 rings (SSSR count). The van der Waals surface area contributed by atoms with Crippen molar-refractivity contribution in [1.29, 1.82) is 0 Å². The third kappa shape index (κ3) is 1.93. The van der Waals surface area contributed by atoms with Gasteiger partial charge >= 0.3 is 0 Å². The Balaban J connectivity index is 1.50. The number of aryl methyl sites for hydroxylation is 2. The van der Waals surface area contributed by atoms with Gasteiger partial charge in [-0.1, -0.05) is 0 Å². The second kappa shape index (κ2) is 4.53. The van der Waals surface area contributed by atoms with Crippen LogP contribution in [0.5, 0.6) is 0 Å². The number of ether oxygens (including phenoxy) is 1. The standard InChI is InChI=1S/C15H20N4O/c1-9-12-5-10(8-17-15(12)19(2)18-9)7-16-13-6-11-3-4-14(13)20-11/h5,8,11,13-14,16H,3-4,6-7H2,1-2H3. The van der Waals surface area contributed by atoms with E-state index >= 15 is 0 Å².